The molecule has 1 heterocycles. The van der Waals surface area contributed by atoms with E-state index in [4.69, 9.17) is 17.0 Å². The second kappa shape index (κ2) is 4.90. The van der Waals surface area contributed by atoms with E-state index < -0.39 is 0 Å². The van der Waals surface area contributed by atoms with Gasteiger partial charge >= 0.3 is 0 Å². The Hall–Kier alpha value is -1.68. The average molecular weight is 260 g/mol. The number of aryl methyl sites for hydroxylation is 3. The lowest BCUT2D eigenvalue weighted by atomic mass is 9.98. The maximum absolute atomic E-state index is 5.36. The number of ether oxygens (including phenoxy) is 1. The molecule has 4 heteroatoms. The maximum Gasteiger partial charge on any atom is 0.179 e. The molecule has 0 spiro atoms. The van der Waals surface area contributed by atoms with Crippen LogP contribution in [0.5, 0.6) is 5.75 Å². The van der Waals surface area contributed by atoms with Gasteiger partial charge in [-0.3, -0.25) is 0 Å². The second-order valence-electron chi connectivity index (χ2n) is 4.37. The summed E-state index contributed by atoms with van der Waals surface area (Å²) in [7, 11) is 1.61. The number of nitrogens with one attached hydrogen (secondary N) is 1. The van der Waals surface area contributed by atoms with Gasteiger partial charge in [0.2, 0.25) is 0 Å². The van der Waals surface area contributed by atoms with Gasteiger partial charge < -0.3 is 9.72 Å². The summed E-state index contributed by atoms with van der Waals surface area (Å²) in [5, 5.41) is 0. The van der Waals surface area contributed by atoms with Crippen LogP contribution >= 0.6 is 12.2 Å². The Morgan fingerprint density at radius 2 is 1.78 bits per heavy atom. The molecule has 18 heavy (non-hydrogen) atoms. The molecule has 0 saturated carbocycles. The molecule has 0 unspecified atom stereocenters. The van der Waals surface area contributed by atoms with Crippen LogP contribution in [0.1, 0.15) is 16.7 Å². The van der Waals surface area contributed by atoms with Crippen LogP contribution < -0.4 is 4.74 Å². The fourth-order valence-electron chi connectivity index (χ4n) is 2.01. The Morgan fingerprint density at radius 3 is 2.44 bits per heavy atom. The molecule has 3 nitrogen and oxygen atoms in total. The summed E-state index contributed by atoms with van der Waals surface area (Å²) >= 11 is 5.18. The lowest BCUT2D eigenvalue weighted by Gasteiger charge is -2.12. The first kappa shape index (κ1) is 12.8. The summed E-state index contributed by atoms with van der Waals surface area (Å²) in [6.45, 7) is 6.29. The summed E-state index contributed by atoms with van der Waals surface area (Å²) in [5.41, 5.74) is 5.70. The molecule has 2 rings (SSSR count). The third-order valence-electron chi connectivity index (χ3n) is 3.13. The van der Waals surface area contributed by atoms with E-state index in [0.29, 0.717) is 10.4 Å². The molecule has 0 aliphatic carbocycles. The minimum absolute atomic E-state index is 0.476. The van der Waals surface area contributed by atoms with E-state index in [1.54, 1.807) is 13.4 Å². The normalized spacial score (nSPS) is 10.4. The molecule has 2 aromatic rings. The number of rotatable bonds is 2. The monoisotopic (exact) mass is 260 g/mol. The lowest BCUT2D eigenvalue weighted by molar-refractivity contribution is 0.410. The summed E-state index contributed by atoms with van der Waals surface area (Å²) < 4.78 is 5.83. The molecular weight excluding hydrogens is 244 g/mol. The number of aromatic nitrogens is 2. The van der Waals surface area contributed by atoms with E-state index in [9.17, 15) is 0 Å². The predicted octanol–water partition coefficient (Wildman–Crippen LogP) is 3.74. The smallest absolute Gasteiger partial charge is 0.179 e. The SMILES string of the molecule is COc1c(-c2cc(C)c(C)cc2C)[nH]cnc1=S. The van der Waals surface area contributed by atoms with Crippen LogP contribution in [0, 0.1) is 25.4 Å². The number of aromatic amines is 1. The van der Waals surface area contributed by atoms with Crippen molar-refractivity contribution in [3.05, 3.63) is 39.8 Å². The van der Waals surface area contributed by atoms with Crippen molar-refractivity contribution in [1.29, 1.82) is 0 Å². The van der Waals surface area contributed by atoms with Crippen molar-refractivity contribution in [2.45, 2.75) is 20.8 Å². The Balaban J connectivity index is 2.73. The predicted molar refractivity (Wildman–Crippen MR) is 75.6 cm³/mol. The molecule has 1 N–H and O–H groups in total. The molecule has 94 valence electrons. The van der Waals surface area contributed by atoms with Crippen molar-refractivity contribution in [1.82, 2.24) is 9.97 Å². The number of methoxy groups -OCH3 is 1. The minimum atomic E-state index is 0.476. The molecule has 0 bridgehead atoms. The van der Waals surface area contributed by atoms with Crippen molar-refractivity contribution in [3.8, 4) is 17.0 Å². The summed E-state index contributed by atoms with van der Waals surface area (Å²) in [6, 6.07) is 4.31. The molecule has 0 fully saturated rings. The quantitative estimate of drug-likeness (QED) is 0.836. The molecule has 0 atom stereocenters. The van der Waals surface area contributed by atoms with E-state index in [0.717, 1.165) is 11.3 Å². The van der Waals surface area contributed by atoms with Crippen molar-refractivity contribution in [2.24, 2.45) is 0 Å². The van der Waals surface area contributed by atoms with Crippen molar-refractivity contribution in [2.75, 3.05) is 7.11 Å². The minimum Gasteiger partial charge on any atom is -0.491 e. The highest BCUT2D eigenvalue weighted by atomic mass is 32.1. The van der Waals surface area contributed by atoms with Gasteiger partial charge in [0.1, 0.15) is 0 Å². The van der Waals surface area contributed by atoms with Gasteiger partial charge in [-0.05, 0) is 43.5 Å². The molecule has 0 amide bonds. The third-order valence-corrected chi connectivity index (χ3v) is 3.42. The fourth-order valence-corrected chi connectivity index (χ4v) is 2.24. The van der Waals surface area contributed by atoms with Gasteiger partial charge in [0.15, 0.2) is 10.4 Å². The number of H-pyrrole nitrogens is 1. The van der Waals surface area contributed by atoms with Crippen LogP contribution in [-0.4, -0.2) is 17.1 Å². The zero-order valence-corrected chi connectivity index (χ0v) is 11.8. The highest BCUT2D eigenvalue weighted by Crippen LogP contribution is 2.31. The Bertz CT molecular complexity index is 647. The molecule has 0 saturated heterocycles. The van der Waals surface area contributed by atoms with Gasteiger partial charge in [-0.1, -0.05) is 18.3 Å². The summed E-state index contributed by atoms with van der Waals surface area (Å²) in [4.78, 5) is 7.17. The zero-order valence-electron chi connectivity index (χ0n) is 11.0. The van der Waals surface area contributed by atoms with Gasteiger partial charge in [0.05, 0.1) is 19.1 Å². The van der Waals surface area contributed by atoms with Crippen LogP contribution in [0.3, 0.4) is 0 Å². The van der Waals surface area contributed by atoms with Gasteiger partial charge in [-0.15, -0.1) is 0 Å². The summed E-state index contributed by atoms with van der Waals surface area (Å²) in [5.74, 6) is 0.624. The molecular formula is C14H16N2OS. The highest BCUT2D eigenvalue weighted by Gasteiger charge is 2.12. The lowest BCUT2D eigenvalue weighted by Crippen LogP contribution is -1.97. The second-order valence-corrected chi connectivity index (χ2v) is 4.75. The number of nitrogens with zero attached hydrogens (tertiary/aromatic N) is 1. The van der Waals surface area contributed by atoms with E-state index in [2.05, 4.69) is 42.9 Å². The average Bonchev–Trinajstić information content (AvgIpc) is 2.33. The Morgan fingerprint density at radius 1 is 1.11 bits per heavy atom. The number of benzene rings is 1. The fraction of sp³-hybridized carbons (Fsp3) is 0.286. The van der Waals surface area contributed by atoms with Crippen LogP contribution in [0.2, 0.25) is 0 Å². The van der Waals surface area contributed by atoms with Crippen LogP contribution in [0.4, 0.5) is 0 Å². The van der Waals surface area contributed by atoms with Gasteiger partial charge in [-0.25, -0.2) is 4.98 Å². The molecule has 1 aromatic carbocycles. The first-order valence-corrected chi connectivity index (χ1v) is 6.15. The number of hydrogen-bond acceptors (Lipinski definition) is 3. The van der Waals surface area contributed by atoms with Crippen molar-refractivity contribution >= 4 is 12.2 Å². The highest BCUT2D eigenvalue weighted by molar-refractivity contribution is 7.71. The van der Waals surface area contributed by atoms with Gasteiger partial charge in [0.25, 0.3) is 0 Å². The standard InChI is InChI=1S/C14H16N2OS/c1-8-5-10(3)11(6-9(8)2)12-13(17-4)14(18)16-7-15-12/h5-7H,1-4H3,(H,15,16,18). The van der Waals surface area contributed by atoms with Crippen molar-refractivity contribution < 1.29 is 4.74 Å². The largest absolute Gasteiger partial charge is 0.491 e. The van der Waals surface area contributed by atoms with Crippen LogP contribution in [0.25, 0.3) is 11.3 Å². The van der Waals surface area contributed by atoms with E-state index in [-0.39, 0.29) is 0 Å². The third kappa shape index (κ3) is 2.16. The van der Waals surface area contributed by atoms with Crippen LogP contribution in [-0.2, 0) is 0 Å². The Labute approximate surface area is 112 Å². The van der Waals surface area contributed by atoms with Gasteiger partial charge in [-0.2, -0.15) is 0 Å². The van der Waals surface area contributed by atoms with Crippen molar-refractivity contribution in [3.63, 3.8) is 0 Å². The number of hydrogen-bond donors (Lipinski definition) is 1. The molecule has 1 aromatic heterocycles. The van der Waals surface area contributed by atoms with E-state index in [1.807, 2.05) is 0 Å². The zero-order chi connectivity index (χ0) is 13.3. The van der Waals surface area contributed by atoms with E-state index in [1.165, 1.54) is 16.7 Å². The summed E-state index contributed by atoms with van der Waals surface area (Å²) in [6.07, 6.45) is 1.61. The first-order valence-electron chi connectivity index (χ1n) is 5.74. The van der Waals surface area contributed by atoms with E-state index >= 15 is 0 Å². The molecule has 0 aliphatic heterocycles. The molecule has 0 aliphatic rings. The maximum atomic E-state index is 5.36. The van der Waals surface area contributed by atoms with Gasteiger partial charge in [0, 0.05) is 5.56 Å². The van der Waals surface area contributed by atoms with Crippen LogP contribution in [0.15, 0.2) is 18.5 Å². The first-order chi connectivity index (χ1) is 8.54. The Kier molecular flexibility index (Phi) is 3.48. The topological polar surface area (TPSA) is 37.9 Å². The molecule has 0 radical (unpaired) electrons.